The van der Waals surface area contributed by atoms with Crippen molar-refractivity contribution in [3.63, 3.8) is 0 Å². The fraction of sp³-hybridized carbons (Fsp3) is 0.167. The molecule has 0 amide bonds. The molecule has 0 saturated carbocycles. The van der Waals surface area contributed by atoms with Crippen LogP contribution in [-0.4, -0.2) is 19.3 Å². The lowest BCUT2D eigenvalue weighted by Crippen LogP contribution is -1.88. The number of rotatable bonds is 3. The lowest BCUT2D eigenvalue weighted by atomic mass is 10.1. The van der Waals surface area contributed by atoms with Gasteiger partial charge in [0.05, 0.1) is 7.11 Å². The summed E-state index contributed by atoms with van der Waals surface area (Å²) in [7, 11) is 2.65. The number of methoxy groups -OCH3 is 1. The number of hydrogen-bond donors (Lipinski definition) is 1. The average molecular weight is 192 g/mol. The van der Waals surface area contributed by atoms with Gasteiger partial charge in [-0.15, -0.1) is 0 Å². The van der Waals surface area contributed by atoms with Crippen molar-refractivity contribution < 1.29 is 9.84 Å². The Bertz CT molecular complexity index is 303. The normalized spacial score (nSPS) is 8.21. The molecule has 0 unspecified atom stereocenters. The summed E-state index contributed by atoms with van der Waals surface area (Å²) in [6, 6.07) is 5.82. The Labute approximate surface area is 85.2 Å². The summed E-state index contributed by atoms with van der Waals surface area (Å²) < 4.78 is 5.16. The van der Waals surface area contributed by atoms with Crippen LogP contribution in [0.5, 0.6) is 5.75 Å². The highest BCUT2D eigenvalue weighted by Crippen LogP contribution is 2.23. The summed E-state index contributed by atoms with van der Waals surface area (Å²) in [4.78, 5) is 0. The van der Waals surface area contributed by atoms with Gasteiger partial charge < -0.3 is 9.84 Å². The molecule has 0 fully saturated rings. The highest BCUT2D eigenvalue weighted by atomic mass is 16.5. The average Bonchev–Trinajstić information content (AvgIpc) is 2.30. The Hall–Kier alpha value is -1.54. The van der Waals surface area contributed by atoms with E-state index in [1.165, 1.54) is 0 Å². The maximum atomic E-state index is 7.00. The van der Waals surface area contributed by atoms with Crippen LogP contribution in [0.3, 0.4) is 0 Å². The summed E-state index contributed by atoms with van der Waals surface area (Å²) in [5, 5.41) is 7.00. The first-order chi connectivity index (χ1) is 6.83. The quantitative estimate of drug-likeness (QED) is 0.797. The molecule has 0 aromatic heterocycles. The zero-order valence-electron chi connectivity index (χ0n) is 8.66. The van der Waals surface area contributed by atoms with Gasteiger partial charge in [0, 0.05) is 12.7 Å². The molecule has 0 heterocycles. The summed E-state index contributed by atoms with van der Waals surface area (Å²) in [6.07, 6.45) is 3.56. The zero-order valence-corrected chi connectivity index (χ0v) is 8.66. The van der Waals surface area contributed by atoms with Crippen molar-refractivity contribution >= 4 is 12.2 Å². The number of benzene rings is 1. The molecular weight excluding hydrogens is 176 g/mol. The van der Waals surface area contributed by atoms with Crippen LogP contribution in [0, 0.1) is 0 Å². The first-order valence-electron chi connectivity index (χ1n) is 4.20. The minimum Gasteiger partial charge on any atom is -0.496 e. The molecule has 0 spiro atoms. The summed E-state index contributed by atoms with van der Waals surface area (Å²) in [6.45, 7) is 7.43. The molecule has 1 N–H and O–H groups in total. The highest BCUT2D eigenvalue weighted by Gasteiger charge is 2.01. The topological polar surface area (TPSA) is 29.5 Å². The molecule has 14 heavy (non-hydrogen) atoms. The van der Waals surface area contributed by atoms with E-state index in [1.807, 2.05) is 18.2 Å². The molecule has 1 aromatic carbocycles. The van der Waals surface area contributed by atoms with E-state index < -0.39 is 0 Å². The van der Waals surface area contributed by atoms with Gasteiger partial charge in [-0.05, 0) is 11.6 Å². The highest BCUT2D eigenvalue weighted by molar-refractivity contribution is 5.68. The summed E-state index contributed by atoms with van der Waals surface area (Å²) in [5.41, 5.74) is 2.04. The van der Waals surface area contributed by atoms with Crippen molar-refractivity contribution in [1.82, 2.24) is 0 Å². The summed E-state index contributed by atoms with van der Waals surface area (Å²) >= 11 is 0. The van der Waals surface area contributed by atoms with Crippen LogP contribution in [0.1, 0.15) is 11.1 Å². The van der Waals surface area contributed by atoms with Gasteiger partial charge in [-0.25, -0.2) is 0 Å². The van der Waals surface area contributed by atoms with Crippen LogP contribution < -0.4 is 4.74 Å². The Morgan fingerprint density at radius 1 is 1.21 bits per heavy atom. The molecule has 76 valence electrons. The zero-order chi connectivity index (χ0) is 11.0. The van der Waals surface area contributed by atoms with Crippen LogP contribution in [0.2, 0.25) is 0 Å². The van der Waals surface area contributed by atoms with Crippen molar-refractivity contribution in [2.24, 2.45) is 0 Å². The first-order valence-corrected chi connectivity index (χ1v) is 4.20. The molecule has 2 heteroatoms. The molecule has 0 bridgehead atoms. The monoisotopic (exact) mass is 192 g/mol. The van der Waals surface area contributed by atoms with Crippen molar-refractivity contribution in [2.75, 3.05) is 14.2 Å². The minimum absolute atomic E-state index is 0.836. The van der Waals surface area contributed by atoms with Gasteiger partial charge >= 0.3 is 0 Å². The van der Waals surface area contributed by atoms with E-state index in [-0.39, 0.29) is 0 Å². The largest absolute Gasteiger partial charge is 0.496 e. The fourth-order valence-corrected chi connectivity index (χ4v) is 1.14. The van der Waals surface area contributed by atoms with Crippen LogP contribution in [0.4, 0.5) is 0 Å². The first kappa shape index (κ1) is 12.5. The van der Waals surface area contributed by atoms with E-state index in [0.29, 0.717) is 0 Å². The van der Waals surface area contributed by atoms with E-state index in [9.17, 15) is 0 Å². The van der Waals surface area contributed by atoms with Gasteiger partial charge in [0.1, 0.15) is 5.75 Å². The molecule has 1 rings (SSSR count). The molecule has 0 saturated heterocycles. The molecule has 0 aliphatic heterocycles. The predicted molar refractivity (Wildman–Crippen MR) is 61.3 cm³/mol. The molecule has 0 aliphatic rings. The van der Waals surface area contributed by atoms with Gasteiger partial charge in [0.25, 0.3) is 0 Å². The van der Waals surface area contributed by atoms with E-state index in [4.69, 9.17) is 9.84 Å². The van der Waals surface area contributed by atoms with Crippen LogP contribution in [0.25, 0.3) is 12.2 Å². The molecule has 2 nitrogen and oxygen atoms in total. The third-order valence-corrected chi connectivity index (χ3v) is 1.74. The Kier molecular flexibility index (Phi) is 6.16. The fourth-order valence-electron chi connectivity index (χ4n) is 1.14. The smallest absolute Gasteiger partial charge is 0.126 e. The third-order valence-electron chi connectivity index (χ3n) is 1.74. The number of hydrogen-bond acceptors (Lipinski definition) is 2. The molecule has 0 radical (unpaired) electrons. The molecular formula is C12H16O2. The van der Waals surface area contributed by atoms with E-state index in [0.717, 1.165) is 24.0 Å². The third kappa shape index (κ3) is 2.75. The van der Waals surface area contributed by atoms with Crippen molar-refractivity contribution in [3.8, 4) is 5.75 Å². The van der Waals surface area contributed by atoms with Gasteiger partial charge in [-0.1, -0.05) is 37.4 Å². The lowest BCUT2D eigenvalue weighted by molar-refractivity contribution is 0.399. The van der Waals surface area contributed by atoms with E-state index in [1.54, 1.807) is 19.3 Å². The van der Waals surface area contributed by atoms with Crippen LogP contribution in [-0.2, 0) is 0 Å². The maximum Gasteiger partial charge on any atom is 0.126 e. The SMILES string of the molecule is C=Cc1cccc(OC)c1C=C.CO. The molecule has 1 aromatic rings. The van der Waals surface area contributed by atoms with E-state index >= 15 is 0 Å². The molecule has 0 atom stereocenters. The summed E-state index contributed by atoms with van der Waals surface area (Å²) in [5.74, 6) is 0.836. The van der Waals surface area contributed by atoms with Gasteiger partial charge in [-0.3, -0.25) is 0 Å². The van der Waals surface area contributed by atoms with Crippen molar-refractivity contribution in [3.05, 3.63) is 42.5 Å². The van der Waals surface area contributed by atoms with Crippen molar-refractivity contribution in [2.45, 2.75) is 0 Å². The van der Waals surface area contributed by atoms with Crippen LogP contribution >= 0.6 is 0 Å². The second kappa shape index (κ2) is 6.92. The van der Waals surface area contributed by atoms with Crippen LogP contribution in [0.15, 0.2) is 31.4 Å². The standard InChI is InChI=1S/C11H12O.CH4O/c1-4-9-7-6-8-11(12-3)10(9)5-2;1-2/h4-8H,1-2H2,3H3;2H,1H3. The number of aliphatic hydroxyl groups is 1. The Morgan fingerprint density at radius 2 is 1.86 bits per heavy atom. The van der Waals surface area contributed by atoms with Gasteiger partial charge in [-0.2, -0.15) is 0 Å². The number of aliphatic hydroxyl groups excluding tert-OH is 1. The van der Waals surface area contributed by atoms with Gasteiger partial charge in [0.2, 0.25) is 0 Å². The van der Waals surface area contributed by atoms with Gasteiger partial charge in [0.15, 0.2) is 0 Å². The molecule has 0 aliphatic carbocycles. The predicted octanol–water partition coefficient (Wildman–Crippen LogP) is 2.59. The minimum atomic E-state index is 0.836. The lowest BCUT2D eigenvalue weighted by Gasteiger charge is -2.06. The Balaban J connectivity index is 0.000000791. The Morgan fingerprint density at radius 3 is 2.29 bits per heavy atom. The van der Waals surface area contributed by atoms with E-state index in [2.05, 4.69) is 13.2 Å². The second-order valence-electron chi connectivity index (χ2n) is 2.37. The number of ether oxygens (including phenoxy) is 1. The second-order valence-corrected chi connectivity index (χ2v) is 2.37. The van der Waals surface area contributed by atoms with Crippen molar-refractivity contribution in [1.29, 1.82) is 0 Å². The maximum absolute atomic E-state index is 7.00.